The largest absolute Gasteiger partial charge is 0.493 e. The van der Waals surface area contributed by atoms with Crippen LogP contribution >= 0.6 is 11.6 Å². The summed E-state index contributed by atoms with van der Waals surface area (Å²) in [5.74, 6) is 1.33. The van der Waals surface area contributed by atoms with Gasteiger partial charge in [-0.3, -0.25) is 0 Å². The molecule has 7 heteroatoms. The molecule has 2 amide bonds. The molecule has 0 spiro atoms. The third kappa shape index (κ3) is 4.55. The molecular weight excluding hydrogens is 390 g/mol. The van der Waals surface area contributed by atoms with Crippen molar-refractivity contribution in [1.29, 1.82) is 0 Å². The Bertz CT molecular complexity index is 1180. The maximum absolute atomic E-state index is 11.3. The first kappa shape index (κ1) is 19.0. The van der Waals surface area contributed by atoms with Crippen LogP contribution in [-0.2, 0) is 13.2 Å². The lowest BCUT2D eigenvalue weighted by molar-refractivity contribution is 0.256. The second-order valence-electron chi connectivity index (χ2n) is 6.46. The molecular formula is C22H18ClN3O3. The van der Waals surface area contributed by atoms with E-state index in [1.54, 1.807) is 13.2 Å². The van der Waals surface area contributed by atoms with Gasteiger partial charge in [-0.1, -0.05) is 29.8 Å². The Morgan fingerprint density at radius 1 is 0.897 bits per heavy atom. The van der Waals surface area contributed by atoms with Gasteiger partial charge in [-0.25, -0.2) is 4.79 Å². The van der Waals surface area contributed by atoms with E-state index < -0.39 is 6.03 Å². The topological polar surface area (TPSA) is 72.3 Å². The highest BCUT2D eigenvalue weighted by Crippen LogP contribution is 2.29. The number of halogens is 1. The number of fused-ring (bicyclic) bond motifs is 1. The van der Waals surface area contributed by atoms with Gasteiger partial charge in [-0.05, 0) is 53.6 Å². The lowest BCUT2D eigenvalue weighted by Crippen LogP contribution is -2.21. The van der Waals surface area contributed by atoms with Crippen LogP contribution in [0.2, 0.25) is 5.02 Å². The van der Waals surface area contributed by atoms with E-state index in [1.165, 1.54) is 0 Å². The molecule has 0 aliphatic carbocycles. The number of hydrogen-bond acceptors (Lipinski definition) is 4. The number of rotatable bonds is 7. The van der Waals surface area contributed by atoms with Crippen LogP contribution < -0.4 is 25.5 Å². The van der Waals surface area contributed by atoms with Crippen molar-refractivity contribution in [3.8, 4) is 11.5 Å². The van der Waals surface area contributed by atoms with E-state index in [9.17, 15) is 4.79 Å². The molecule has 0 radical (unpaired) electrons. The lowest BCUT2D eigenvalue weighted by Gasteiger charge is -2.13. The van der Waals surface area contributed by atoms with Gasteiger partial charge >= 0.3 is 6.03 Å². The number of hydrogen-bond donors (Lipinski definition) is 1. The summed E-state index contributed by atoms with van der Waals surface area (Å²) < 4.78 is 11.4. The number of ether oxygens (including phenoxy) is 2. The number of urea groups is 1. The number of carbonyl (C=O) groups excluding carboxylic acids is 1. The van der Waals surface area contributed by atoms with Gasteiger partial charge in [0.05, 0.1) is 17.8 Å². The number of benzene rings is 3. The van der Waals surface area contributed by atoms with E-state index in [0.29, 0.717) is 40.4 Å². The maximum Gasteiger partial charge on any atom is 0.368 e. The highest BCUT2D eigenvalue weighted by Gasteiger charge is 2.08. The monoisotopic (exact) mass is 407 g/mol. The third-order valence-corrected chi connectivity index (χ3v) is 4.69. The summed E-state index contributed by atoms with van der Waals surface area (Å²) in [6.07, 6.45) is 0. The third-order valence-electron chi connectivity index (χ3n) is 4.44. The summed E-state index contributed by atoms with van der Waals surface area (Å²) >= 11 is 5.91. The van der Waals surface area contributed by atoms with Gasteiger partial charge in [0.15, 0.2) is 11.5 Å². The second-order valence-corrected chi connectivity index (χ2v) is 6.90. The molecule has 0 bridgehead atoms. The summed E-state index contributed by atoms with van der Waals surface area (Å²) in [5.41, 5.74) is 2.91. The standard InChI is InChI=1S/C22H18ClN3O3/c1-28-21-10-15(4-9-20(21)29-13-14-2-5-16(23)6-3-14)12-24-17-7-8-18-19(11-17)26-22(27)25-18/h2-11,24H,12-13H2,1H3. The zero-order valence-corrected chi connectivity index (χ0v) is 16.4. The minimum absolute atomic E-state index is 0.424. The van der Waals surface area contributed by atoms with Gasteiger partial charge in [-0.2, -0.15) is 9.98 Å². The molecule has 4 rings (SSSR count). The highest BCUT2D eigenvalue weighted by molar-refractivity contribution is 6.30. The predicted molar refractivity (Wildman–Crippen MR) is 110 cm³/mol. The molecule has 6 nitrogen and oxygen atoms in total. The Hall–Kier alpha value is -3.38. The van der Waals surface area contributed by atoms with Crippen molar-refractivity contribution in [1.82, 2.24) is 0 Å². The Balaban J connectivity index is 1.42. The number of amides is 2. The van der Waals surface area contributed by atoms with Crippen molar-refractivity contribution in [2.45, 2.75) is 13.2 Å². The molecule has 3 aromatic carbocycles. The van der Waals surface area contributed by atoms with E-state index in [4.69, 9.17) is 21.1 Å². The second kappa shape index (κ2) is 8.32. The molecule has 0 unspecified atom stereocenters. The zero-order chi connectivity index (χ0) is 20.2. The van der Waals surface area contributed by atoms with Crippen LogP contribution in [-0.4, -0.2) is 13.1 Å². The normalized spacial score (nSPS) is 12.0. The van der Waals surface area contributed by atoms with Crippen molar-refractivity contribution >= 4 is 23.3 Å². The smallest absolute Gasteiger partial charge is 0.368 e. The van der Waals surface area contributed by atoms with E-state index in [1.807, 2.05) is 54.6 Å². The van der Waals surface area contributed by atoms with Crippen LogP contribution in [0.25, 0.3) is 0 Å². The van der Waals surface area contributed by atoms with Crippen molar-refractivity contribution < 1.29 is 14.3 Å². The molecule has 1 aliphatic heterocycles. The van der Waals surface area contributed by atoms with Crippen LogP contribution in [0.1, 0.15) is 11.1 Å². The molecule has 0 saturated heterocycles. The first-order valence-electron chi connectivity index (χ1n) is 9.00. The Morgan fingerprint density at radius 3 is 2.45 bits per heavy atom. The Kier molecular flexibility index (Phi) is 5.44. The molecule has 0 aromatic heterocycles. The minimum atomic E-state index is -0.462. The summed E-state index contributed by atoms with van der Waals surface area (Å²) in [6.45, 7) is 1.01. The van der Waals surface area contributed by atoms with Crippen LogP contribution in [0.5, 0.6) is 11.5 Å². The Labute approximate surface area is 172 Å². The minimum Gasteiger partial charge on any atom is -0.493 e. The van der Waals surface area contributed by atoms with Crippen molar-refractivity contribution in [2.24, 2.45) is 9.98 Å². The summed E-state index contributed by atoms with van der Waals surface area (Å²) in [5, 5.41) is 5.20. The average Bonchev–Trinajstić information content (AvgIpc) is 3.11. The van der Waals surface area contributed by atoms with Gasteiger partial charge in [0.1, 0.15) is 6.61 Å². The number of carbonyl (C=O) groups is 1. The van der Waals surface area contributed by atoms with Gasteiger partial charge in [-0.15, -0.1) is 0 Å². The SMILES string of the molecule is COc1cc(CNc2ccc3c(c2)=NC(=O)N=3)ccc1OCc1ccc(Cl)cc1. The van der Waals surface area contributed by atoms with Crippen LogP contribution in [0.15, 0.2) is 70.6 Å². The molecule has 1 heterocycles. The highest BCUT2D eigenvalue weighted by atomic mass is 35.5. The number of nitrogens with zero attached hydrogens (tertiary/aromatic N) is 2. The lowest BCUT2D eigenvalue weighted by atomic mass is 10.2. The summed E-state index contributed by atoms with van der Waals surface area (Å²) in [7, 11) is 1.62. The maximum atomic E-state index is 11.3. The van der Waals surface area contributed by atoms with Gasteiger partial charge in [0.2, 0.25) is 0 Å². The first-order valence-corrected chi connectivity index (χ1v) is 9.38. The van der Waals surface area contributed by atoms with Crippen molar-refractivity contribution in [3.63, 3.8) is 0 Å². The van der Waals surface area contributed by atoms with E-state index in [2.05, 4.69) is 15.3 Å². The molecule has 3 aromatic rings. The van der Waals surface area contributed by atoms with E-state index in [-0.39, 0.29) is 0 Å². The van der Waals surface area contributed by atoms with Crippen LogP contribution in [0, 0.1) is 0 Å². The fourth-order valence-electron chi connectivity index (χ4n) is 2.94. The average molecular weight is 408 g/mol. The fourth-order valence-corrected chi connectivity index (χ4v) is 3.06. The van der Waals surface area contributed by atoms with Gasteiger partial charge in [0, 0.05) is 17.3 Å². The Morgan fingerprint density at radius 2 is 1.66 bits per heavy atom. The van der Waals surface area contributed by atoms with Crippen LogP contribution in [0.3, 0.4) is 0 Å². The molecule has 1 N–H and O–H groups in total. The van der Waals surface area contributed by atoms with Crippen LogP contribution in [0.4, 0.5) is 10.5 Å². The molecule has 1 aliphatic rings. The van der Waals surface area contributed by atoms with Crippen molar-refractivity contribution in [3.05, 3.63) is 87.5 Å². The predicted octanol–water partition coefficient (Wildman–Crippen LogP) is 3.91. The molecule has 0 atom stereocenters. The summed E-state index contributed by atoms with van der Waals surface area (Å²) in [6, 6.07) is 18.3. The molecule has 29 heavy (non-hydrogen) atoms. The van der Waals surface area contributed by atoms with Crippen molar-refractivity contribution in [2.75, 3.05) is 12.4 Å². The summed E-state index contributed by atoms with van der Waals surface area (Å²) in [4.78, 5) is 19.0. The zero-order valence-electron chi connectivity index (χ0n) is 15.7. The molecule has 0 saturated carbocycles. The first-order chi connectivity index (χ1) is 14.1. The number of nitrogens with one attached hydrogen (secondary N) is 1. The fraction of sp³-hybridized carbons (Fsp3) is 0.136. The number of anilines is 1. The van der Waals surface area contributed by atoms with E-state index in [0.717, 1.165) is 16.8 Å². The molecule has 0 fully saturated rings. The number of methoxy groups -OCH3 is 1. The quantitative estimate of drug-likeness (QED) is 0.644. The van der Waals surface area contributed by atoms with Gasteiger partial charge < -0.3 is 14.8 Å². The van der Waals surface area contributed by atoms with E-state index >= 15 is 0 Å². The molecule has 146 valence electrons. The van der Waals surface area contributed by atoms with Gasteiger partial charge in [0.25, 0.3) is 0 Å².